The van der Waals surface area contributed by atoms with Gasteiger partial charge in [-0.05, 0) is 38.5 Å². The third-order valence-electron chi connectivity index (χ3n) is 9.46. The number of carbonyl (C=O) groups excluding carboxylic acids is 2. The van der Waals surface area contributed by atoms with Crippen LogP contribution in [-0.2, 0) is 32.9 Å². The molecule has 1 rings (SSSR count). The number of phosphoric acid groups is 1. The molecule has 2 unspecified atom stereocenters. The van der Waals surface area contributed by atoms with Crippen LogP contribution in [0.4, 0.5) is 0 Å². The van der Waals surface area contributed by atoms with E-state index < -0.39 is 32.5 Å². The molecule has 2 N–H and O–H groups in total. The fourth-order valence-corrected chi connectivity index (χ4v) is 6.62. The largest absolute Gasteiger partial charge is 0.469 e. The highest BCUT2D eigenvalue weighted by atomic mass is 31.2. The molecule has 1 aliphatic heterocycles. The van der Waals surface area contributed by atoms with Crippen molar-refractivity contribution in [2.75, 3.05) is 13.2 Å². The van der Waals surface area contributed by atoms with Crippen LogP contribution < -0.4 is 0 Å². The van der Waals surface area contributed by atoms with Crippen LogP contribution in [0.1, 0.15) is 200 Å². The van der Waals surface area contributed by atoms with Gasteiger partial charge in [-0.2, -0.15) is 0 Å². The van der Waals surface area contributed by atoms with Crippen molar-refractivity contribution in [1.29, 1.82) is 0 Å². The molecular formula is C40H75O9P. The fraction of sp³-hybridized carbons (Fsp3) is 0.900. The minimum atomic E-state index is -4.76. The van der Waals surface area contributed by atoms with Gasteiger partial charge in [0.15, 0.2) is 6.10 Å². The standard InChI is InChI=1S/C40H75O9P/c1-3-5-7-8-9-10-11-12-13-14-15-16-17-21-24-28-32-39(41)46-34-36(35-47-50(43,44)45)48-40(42)33-29-25-22-19-18-20-23-27-31-38-37(49-38)30-26-6-4-2/h23,27,36-38H,3-22,24-26,28-35H2,1-2H3,(H2,43,44,45)/b27-23-/t36-,37?,38?/m1/s1. The summed E-state index contributed by atoms with van der Waals surface area (Å²) in [6.07, 6.45) is 36.7. The summed E-state index contributed by atoms with van der Waals surface area (Å²) in [7, 11) is -4.76. The van der Waals surface area contributed by atoms with Gasteiger partial charge in [-0.1, -0.05) is 161 Å². The zero-order chi connectivity index (χ0) is 36.5. The van der Waals surface area contributed by atoms with Crippen LogP contribution in [0, 0.1) is 0 Å². The number of rotatable bonds is 37. The number of hydrogen-bond acceptors (Lipinski definition) is 7. The van der Waals surface area contributed by atoms with E-state index in [0.29, 0.717) is 18.6 Å². The van der Waals surface area contributed by atoms with Crippen LogP contribution in [0.3, 0.4) is 0 Å². The highest BCUT2D eigenvalue weighted by molar-refractivity contribution is 7.46. The monoisotopic (exact) mass is 731 g/mol. The van der Waals surface area contributed by atoms with Crippen LogP contribution >= 0.6 is 7.82 Å². The lowest BCUT2D eigenvalue weighted by molar-refractivity contribution is -0.161. The van der Waals surface area contributed by atoms with E-state index in [1.807, 2.05) is 0 Å². The predicted octanol–water partition coefficient (Wildman–Crippen LogP) is 11.2. The first-order valence-electron chi connectivity index (χ1n) is 20.6. The molecule has 1 fully saturated rings. The predicted molar refractivity (Wildman–Crippen MR) is 202 cm³/mol. The molecule has 3 atom stereocenters. The molecule has 1 heterocycles. The Hall–Kier alpha value is -1.25. The minimum Gasteiger partial charge on any atom is -0.462 e. The highest BCUT2D eigenvalue weighted by Crippen LogP contribution is 2.36. The van der Waals surface area contributed by atoms with E-state index in [4.69, 9.17) is 24.0 Å². The van der Waals surface area contributed by atoms with Crippen molar-refractivity contribution in [3.8, 4) is 0 Å². The van der Waals surface area contributed by atoms with Gasteiger partial charge >= 0.3 is 19.8 Å². The van der Waals surface area contributed by atoms with Crippen molar-refractivity contribution in [1.82, 2.24) is 0 Å². The molecule has 0 saturated carbocycles. The summed E-state index contributed by atoms with van der Waals surface area (Å²) in [5.74, 6) is -0.897. The van der Waals surface area contributed by atoms with Crippen LogP contribution in [0.15, 0.2) is 12.2 Å². The molecule has 1 aliphatic rings. The average Bonchev–Trinajstić information content (AvgIpc) is 3.84. The van der Waals surface area contributed by atoms with E-state index in [0.717, 1.165) is 57.8 Å². The second-order valence-electron chi connectivity index (χ2n) is 14.4. The Labute approximate surface area is 305 Å². The lowest BCUT2D eigenvalue weighted by atomic mass is 10.0. The average molecular weight is 731 g/mol. The number of hydrogen-bond donors (Lipinski definition) is 2. The van der Waals surface area contributed by atoms with Gasteiger partial charge in [0.1, 0.15) is 6.61 Å². The fourth-order valence-electron chi connectivity index (χ4n) is 6.26. The smallest absolute Gasteiger partial charge is 0.462 e. The number of allylic oxidation sites excluding steroid dienone is 1. The molecule has 294 valence electrons. The van der Waals surface area contributed by atoms with Crippen LogP contribution in [0.25, 0.3) is 0 Å². The van der Waals surface area contributed by atoms with Gasteiger partial charge in [0.25, 0.3) is 0 Å². The van der Waals surface area contributed by atoms with Gasteiger partial charge in [0.2, 0.25) is 0 Å². The van der Waals surface area contributed by atoms with E-state index >= 15 is 0 Å². The van der Waals surface area contributed by atoms with Gasteiger partial charge in [0, 0.05) is 12.8 Å². The van der Waals surface area contributed by atoms with Gasteiger partial charge in [-0.15, -0.1) is 0 Å². The maximum absolute atomic E-state index is 12.4. The first-order valence-corrected chi connectivity index (χ1v) is 22.1. The highest BCUT2D eigenvalue weighted by Gasteiger charge is 2.36. The molecule has 0 aromatic rings. The molecule has 9 nitrogen and oxygen atoms in total. The summed E-state index contributed by atoms with van der Waals surface area (Å²) in [4.78, 5) is 42.8. The molecule has 1 saturated heterocycles. The molecular weight excluding hydrogens is 655 g/mol. The molecule has 50 heavy (non-hydrogen) atoms. The molecule has 0 aromatic heterocycles. The first-order chi connectivity index (χ1) is 24.2. The number of esters is 2. The Morgan fingerprint density at radius 2 is 1.10 bits per heavy atom. The maximum Gasteiger partial charge on any atom is 0.469 e. The van der Waals surface area contributed by atoms with Crippen LogP contribution in [-0.4, -0.2) is 53.3 Å². The Bertz CT molecular complexity index is 890. The molecule has 0 radical (unpaired) electrons. The van der Waals surface area contributed by atoms with E-state index in [9.17, 15) is 14.2 Å². The lowest BCUT2D eigenvalue weighted by Crippen LogP contribution is -2.29. The second-order valence-corrected chi connectivity index (χ2v) is 15.6. The minimum absolute atomic E-state index is 0.195. The number of carbonyl (C=O) groups is 2. The van der Waals surface area contributed by atoms with Crippen LogP contribution in [0.5, 0.6) is 0 Å². The van der Waals surface area contributed by atoms with Gasteiger partial charge in [-0.25, -0.2) is 4.57 Å². The quantitative estimate of drug-likeness (QED) is 0.0211. The summed E-state index contributed by atoms with van der Waals surface area (Å²) in [6, 6.07) is 0. The normalized spacial score (nSPS) is 16.6. The van der Waals surface area contributed by atoms with Crippen LogP contribution in [0.2, 0.25) is 0 Å². The van der Waals surface area contributed by atoms with E-state index in [-0.39, 0.29) is 19.4 Å². The van der Waals surface area contributed by atoms with Crippen molar-refractivity contribution in [2.24, 2.45) is 0 Å². The third-order valence-corrected chi connectivity index (χ3v) is 9.94. The van der Waals surface area contributed by atoms with Crippen molar-refractivity contribution >= 4 is 19.8 Å². The van der Waals surface area contributed by atoms with Gasteiger partial charge in [-0.3, -0.25) is 14.1 Å². The molecule has 0 aromatic carbocycles. The zero-order valence-corrected chi connectivity index (χ0v) is 32.9. The first kappa shape index (κ1) is 46.8. The van der Waals surface area contributed by atoms with Crippen molar-refractivity contribution in [3.05, 3.63) is 12.2 Å². The van der Waals surface area contributed by atoms with Crippen molar-refractivity contribution in [3.63, 3.8) is 0 Å². The second kappa shape index (κ2) is 32.4. The summed E-state index contributed by atoms with van der Waals surface area (Å²) < 4.78 is 32.1. The zero-order valence-electron chi connectivity index (χ0n) is 32.0. The molecule has 0 aliphatic carbocycles. The number of unbranched alkanes of at least 4 members (excludes halogenated alkanes) is 22. The Morgan fingerprint density at radius 1 is 0.620 bits per heavy atom. The molecule has 0 spiro atoms. The van der Waals surface area contributed by atoms with E-state index in [1.165, 1.54) is 109 Å². The summed E-state index contributed by atoms with van der Waals surface area (Å²) in [5, 5.41) is 0. The Morgan fingerprint density at radius 3 is 1.64 bits per heavy atom. The molecule has 0 bridgehead atoms. The van der Waals surface area contributed by atoms with E-state index in [2.05, 4.69) is 30.5 Å². The topological polar surface area (TPSA) is 132 Å². The summed E-state index contributed by atoms with van der Waals surface area (Å²) in [6.45, 7) is 3.65. The van der Waals surface area contributed by atoms with Crippen molar-refractivity contribution < 1.29 is 42.7 Å². The number of phosphoric ester groups is 1. The Balaban J connectivity index is 2.05. The SMILES string of the molecule is CCCCCCCCCCCCCCCCCCC(=O)OC[C@H](COP(=O)(O)O)OC(=O)CCCCCCC/C=C\CC1OC1CCCCC. The van der Waals surface area contributed by atoms with Gasteiger partial charge in [0.05, 0.1) is 18.8 Å². The van der Waals surface area contributed by atoms with Gasteiger partial charge < -0.3 is 24.0 Å². The number of epoxide rings is 1. The number of ether oxygens (including phenoxy) is 3. The summed E-state index contributed by atoms with van der Waals surface area (Å²) >= 11 is 0. The van der Waals surface area contributed by atoms with E-state index in [1.54, 1.807) is 0 Å². The lowest BCUT2D eigenvalue weighted by Gasteiger charge is -2.18. The molecule has 0 amide bonds. The third kappa shape index (κ3) is 31.5. The van der Waals surface area contributed by atoms with Crippen molar-refractivity contribution in [2.45, 2.75) is 218 Å². The molecule has 10 heteroatoms. The summed E-state index contributed by atoms with van der Waals surface area (Å²) in [5.41, 5.74) is 0. The maximum atomic E-state index is 12.4. The Kier molecular flexibility index (Phi) is 30.3.